The van der Waals surface area contributed by atoms with Gasteiger partial charge < -0.3 is 14.2 Å². The quantitative estimate of drug-likeness (QED) is 0.403. The summed E-state index contributed by atoms with van der Waals surface area (Å²) in [4.78, 5) is 7.73. The minimum absolute atomic E-state index is 0.0711. The molecule has 6 nitrogen and oxygen atoms in total. The van der Waals surface area contributed by atoms with Gasteiger partial charge in [0.2, 0.25) is 5.82 Å². The van der Waals surface area contributed by atoms with E-state index in [1.807, 2.05) is 0 Å². The van der Waals surface area contributed by atoms with E-state index in [1.54, 1.807) is 43.1 Å². The van der Waals surface area contributed by atoms with Crippen LogP contribution in [0.25, 0.3) is 11.4 Å². The first-order valence-corrected chi connectivity index (χ1v) is 10.7. The Balaban J connectivity index is 1.73. The molecule has 3 rings (SSSR count). The molecule has 0 amide bonds. The first-order chi connectivity index (χ1) is 12.6. The van der Waals surface area contributed by atoms with Crippen LogP contribution in [0.4, 0.5) is 14.5 Å². The van der Waals surface area contributed by atoms with Crippen LogP contribution in [-0.2, 0) is 16.1 Å². The van der Waals surface area contributed by atoms with Crippen LogP contribution in [0, 0.1) is 0 Å². The summed E-state index contributed by atoms with van der Waals surface area (Å²) in [6, 6.07) is 10.2. The topological polar surface area (TPSA) is 80.9 Å². The van der Waals surface area contributed by atoms with Crippen LogP contribution in [0.1, 0.15) is 11.6 Å². The van der Waals surface area contributed by atoms with E-state index in [4.69, 9.17) is 23.2 Å². The molecule has 0 aliphatic rings. The molecule has 1 unspecified atom stereocenters. The molecule has 0 bridgehead atoms. The summed E-state index contributed by atoms with van der Waals surface area (Å²) in [7, 11) is -2.83. The first kappa shape index (κ1) is 19.7. The molecule has 0 aliphatic carbocycles. The highest BCUT2D eigenvalue weighted by Crippen LogP contribution is 2.46. The molecule has 3 aromatic rings. The molecule has 2 aromatic heterocycles. The predicted molar refractivity (Wildman–Crippen MR) is 99.6 cm³/mol. The number of pyridine rings is 1. The van der Waals surface area contributed by atoms with Crippen molar-refractivity contribution in [2.45, 2.75) is 11.5 Å². The summed E-state index contributed by atoms with van der Waals surface area (Å²) in [6.45, 7) is 1.58. The van der Waals surface area contributed by atoms with Crippen molar-refractivity contribution in [1.82, 2.24) is 15.1 Å². The Labute approximate surface area is 163 Å². The van der Waals surface area contributed by atoms with Crippen molar-refractivity contribution in [3.05, 3.63) is 59.2 Å². The average molecular weight is 433 g/mol. The summed E-state index contributed by atoms with van der Waals surface area (Å²) in [5.41, 5.74) is 1.47. The Kier molecular flexibility index (Phi) is 5.51. The maximum absolute atomic E-state index is 12.9. The number of hydrogen-bond acceptors (Lipinski definition) is 5. The van der Waals surface area contributed by atoms with E-state index < -0.39 is 18.6 Å². The second-order valence-electron chi connectivity index (χ2n) is 5.81. The van der Waals surface area contributed by atoms with Crippen molar-refractivity contribution < 1.29 is 17.9 Å². The highest BCUT2D eigenvalue weighted by molar-refractivity contribution is 7.63. The van der Waals surface area contributed by atoms with Crippen molar-refractivity contribution in [2.75, 3.05) is 11.8 Å². The van der Waals surface area contributed by atoms with Crippen molar-refractivity contribution in [2.24, 2.45) is 0 Å². The molecule has 0 fully saturated rings. The molecular weight excluding hydrogens is 420 g/mol. The van der Waals surface area contributed by atoms with Gasteiger partial charge in [0.15, 0.2) is 7.29 Å². The molecule has 1 atom stereocenters. The van der Waals surface area contributed by atoms with Gasteiger partial charge in [-0.2, -0.15) is 13.8 Å². The van der Waals surface area contributed by atoms with E-state index in [-0.39, 0.29) is 12.0 Å². The number of hydrogen-bond donors (Lipinski definition) is 1. The number of aromatic nitrogens is 3. The van der Waals surface area contributed by atoms with Crippen LogP contribution in [0.5, 0.6) is 0 Å². The van der Waals surface area contributed by atoms with Crippen LogP contribution >= 0.6 is 30.5 Å². The maximum atomic E-state index is 12.9. The lowest BCUT2D eigenvalue weighted by Crippen LogP contribution is -2.03. The van der Waals surface area contributed by atoms with E-state index in [0.717, 1.165) is 0 Å². The summed E-state index contributed by atoms with van der Waals surface area (Å²) < 4.78 is 43.2. The van der Waals surface area contributed by atoms with Gasteiger partial charge in [0.1, 0.15) is 0 Å². The second-order valence-corrected chi connectivity index (χ2v) is 9.43. The Bertz CT molecular complexity index is 993. The third-order valence-corrected chi connectivity index (χ3v) is 5.58. The van der Waals surface area contributed by atoms with Gasteiger partial charge in [0, 0.05) is 24.1 Å². The highest BCUT2D eigenvalue weighted by atomic mass is 35.5. The predicted octanol–water partition coefficient (Wildman–Crippen LogP) is 5.59. The molecule has 0 radical (unpaired) electrons. The number of nitrogens with zero attached hydrogens (tertiary/aromatic N) is 3. The minimum atomic E-state index is -3.74. The van der Waals surface area contributed by atoms with Gasteiger partial charge in [-0.15, -0.1) is 0 Å². The van der Waals surface area contributed by atoms with E-state index >= 15 is 0 Å². The molecule has 1 aromatic carbocycles. The Morgan fingerprint density at radius 3 is 2.59 bits per heavy atom. The molecule has 0 saturated heterocycles. The second kappa shape index (κ2) is 7.54. The average Bonchev–Trinajstić information content (AvgIpc) is 3.07. The fourth-order valence-corrected chi connectivity index (χ4v) is 4.18. The third-order valence-electron chi connectivity index (χ3n) is 3.45. The third kappa shape index (κ3) is 5.03. The van der Waals surface area contributed by atoms with Gasteiger partial charge in [-0.3, -0.25) is 4.98 Å². The Morgan fingerprint density at radius 2 is 2.00 bits per heavy atom. The molecule has 27 heavy (non-hydrogen) atoms. The standard InChI is InChI=1S/C16H13Cl2F2N4O2P/c1-27(25,24-13-5-3-2-4-12(13)17)9-11-7-6-10(8-21-11)14-22-15(26-23-14)16(18,19)20/h2-8H,9H2,1H3,(H,24,25). The summed E-state index contributed by atoms with van der Waals surface area (Å²) in [6.07, 6.45) is 1.54. The summed E-state index contributed by atoms with van der Waals surface area (Å²) in [5.74, 6) is -1.07. The van der Waals surface area contributed by atoms with Crippen LogP contribution in [0.2, 0.25) is 5.02 Å². The van der Waals surface area contributed by atoms with Gasteiger partial charge in [-0.1, -0.05) is 28.9 Å². The molecule has 0 saturated carbocycles. The van der Waals surface area contributed by atoms with Gasteiger partial charge in [-0.05, 0) is 35.9 Å². The number of alkyl halides is 3. The number of para-hydroxylation sites is 1. The van der Waals surface area contributed by atoms with Crippen LogP contribution in [0.3, 0.4) is 0 Å². The van der Waals surface area contributed by atoms with Gasteiger partial charge in [0.05, 0.1) is 16.9 Å². The normalized spacial score (nSPS) is 14.0. The van der Waals surface area contributed by atoms with E-state index in [9.17, 15) is 13.3 Å². The molecule has 0 aliphatic heterocycles. The SMILES string of the molecule is CP(=O)(Cc1ccc(-c2noc(C(F)(F)Cl)n2)cn1)Nc1ccccc1Cl. The monoisotopic (exact) mass is 432 g/mol. The molecule has 0 spiro atoms. The van der Waals surface area contributed by atoms with Crippen molar-refractivity contribution in [3.63, 3.8) is 0 Å². The van der Waals surface area contributed by atoms with Crippen molar-refractivity contribution in [3.8, 4) is 11.4 Å². The summed E-state index contributed by atoms with van der Waals surface area (Å²) in [5, 5.41) is 3.12. The zero-order chi connectivity index (χ0) is 19.7. The molecular formula is C16H13Cl2F2N4O2P. The lowest BCUT2D eigenvalue weighted by molar-refractivity contribution is 0.0551. The fourth-order valence-electron chi connectivity index (χ4n) is 2.26. The molecule has 1 N–H and O–H groups in total. The zero-order valence-corrected chi connectivity index (χ0v) is 16.3. The Morgan fingerprint density at radius 1 is 1.26 bits per heavy atom. The van der Waals surface area contributed by atoms with Gasteiger partial charge in [-0.25, -0.2) is 0 Å². The Hall–Kier alpha value is -2.02. The van der Waals surface area contributed by atoms with Crippen LogP contribution in [0.15, 0.2) is 47.1 Å². The highest BCUT2D eigenvalue weighted by Gasteiger charge is 2.35. The number of anilines is 1. The van der Waals surface area contributed by atoms with Gasteiger partial charge >= 0.3 is 11.3 Å². The van der Waals surface area contributed by atoms with Crippen LogP contribution < -0.4 is 5.09 Å². The van der Waals surface area contributed by atoms with Crippen LogP contribution in [-0.4, -0.2) is 21.8 Å². The molecule has 2 heterocycles. The minimum Gasteiger partial charge on any atom is -0.335 e. The number of nitrogens with one attached hydrogen (secondary N) is 1. The van der Waals surface area contributed by atoms with Crippen molar-refractivity contribution in [1.29, 1.82) is 0 Å². The smallest absolute Gasteiger partial charge is 0.335 e. The number of rotatable bonds is 6. The van der Waals surface area contributed by atoms with E-state index in [2.05, 4.69) is 24.7 Å². The van der Waals surface area contributed by atoms with E-state index in [0.29, 0.717) is 22.0 Å². The first-order valence-electron chi connectivity index (χ1n) is 7.60. The van der Waals surface area contributed by atoms with Crippen molar-refractivity contribution >= 4 is 36.2 Å². The maximum Gasteiger partial charge on any atom is 0.400 e. The van der Waals surface area contributed by atoms with E-state index in [1.165, 1.54) is 6.20 Å². The largest absolute Gasteiger partial charge is 0.400 e. The number of halogens is 4. The summed E-state index contributed by atoms with van der Waals surface area (Å²) >= 11 is 10.9. The van der Waals surface area contributed by atoms with Gasteiger partial charge in [0.25, 0.3) is 0 Å². The fraction of sp³-hybridized carbons (Fsp3) is 0.188. The lowest BCUT2D eigenvalue weighted by atomic mass is 10.2. The molecule has 142 valence electrons. The lowest BCUT2D eigenvalue weighted by Gasteiger charge is -2.16. The zero-order valence-electron chi connectivity index (χ0n) is 13.9. The number of benzene rings is 1. The molecule has 11 heteroatoms.